The number of carbonyl (C=O) groups excluding carboxylic acids is 1. The lowest BCUT2D eigenvalue weighted by Crippen LogP contribution is -2.45. The first-order chi connectivity index (χ1) is 14.5. The average molecular weight is 407 g/mol. The molecule has 1 aliphatic heterocycles. The van der Waals surface area contributed by atoms with Gasteiger partial charge in [0.05, 0.1) is 6.04 Å². The number of halogens is 2. The van der Waals surface area contributed by atoms with Crippen LogP contribution in [0.1, 0.15) is 39.0 Å². The Hall–Kier alpha value is -3.54. The lowest BCUT2D eigenvalue weighted by Gasteiger charge is -2.41. The minimum atomic E-state index is -1.16. The van der Waals surface area contributed by atoms with Crippen LogP contribution in [0.15, 0.2) is 72.8 Å². The maximum atomic E-state index is 14.0. The van der Waals surface area contributed by atoms with Crippen molar-refractivity contribution in [1.29, 1.82) is 0 Å². The van der Waals surface area contributed by atoms with Crippen LogP contribution in [0.2, 0.25) is 0 Å². The summed E-state index contributed by atoms with van der Waals surface area (Å²) in [7, 11) is 0. The number of carboxylic acid groups (broad SMARTS) is 1. The second kappa shape index (κ2) is 8.06. The molecule has 2 unspecified atom stereocenters. The van der Waals surface area contributed by atoms with Crippen molar-refractivity contribution >= 4 is 11.9 Å². The van der Waals surface area contributed by atoms with Gasteiger partial charge >= 0.3 is 5.97 Å². The van der Waals surface area contributed by atoms with Gasteiger partial charge < -0.3 is 10.0 Å². The van der Waals surface area contributed by atoms with E-state index in [2.05, 4.69) is 0 Å². The average Bonchev–Trinajstić information content (AvgIpc) is 2.72. The SMILES string of the molecule is O=C(O)C1c2ccccc2C(=O)N(CCc2ccccc2)C1c1cc(F)cc(F)c1. The van der Waals surface area contributed by atoms with E-state index in [0.29, 0.717) is 17.5 Å². The van der Waals surface area contributed by atoms with Gasteiger partial charge in [-0.3, -0.25) is 9.59 Å². The number of aliphatic carboxylic acids is 1. The summed E-state index contributed by atoms with van der Waals surface area (Å²) in [5.41, 5.74) is 1.74. The number of rotatable bonds is 5. The van der Waals surface area contributed by atoms with E-state index in [-0.39, 0.29) is 18.0 Å². The largest absolute Gasteiger partial charge is 0.481 e. The normalized spacial score (nSPS) is 18.2. The lowest BCUT2D eigenvalue weighted by molar-refractivity contribution is -0.140. The Bertz CT molecular complexity index is 1080. The summed E-state index contributed by atoms with van der Waals surface area (Å²) in [6, 6.07) is 17.9. The minimum Gasteiger partial charge on any atom is -0.481 e. The number of hydrogen-bond donors (Lipinski definition) is 1. The third kappa shape index (κ3) is 3.68. The molecule has 30 heavy (non-hydrogen) atoms. The van der Waals surface area contributed by atoms with E-state index in [9.17, 15) is 23.5 Å². The predicted molar refractivity (Wildman–Crippen MR) is 107 cm³/mol. The van der Waals surface area contributed by atoms with Crippen LogP contribution >= 0.6 is 0 Å². The van der Waals surface area contributed by atoms with E-state index in [1.165, 1.54) is 4.90 Å². The van der Waals surface area contributed by atoms with Gasteiger partial charge in [-0.25, -0.2) is 8.78 Å². The zero-order valence-corrected chi connectivity index (χ0v) is 16.0. The highest BCUT2D eigenvalue weighted by atomic mass is 19.1. The molecule has 0 saturated heterocycles. The highest BCUT2D eigenvalue weighted by Crippen LogP contribution is 2.43. The van der Waals surface area contributed by atoms with Gasteiger partial charge in [0.2, 0.25) is 0 Å². The molecule has 3 aromatic carbocycles. The third-order valence-electron chi connectivity index (χ3n) is 5.42. The van der Waals surface area contributed by atoms with Crippen molar-refractivity contribution in [3.63, 3.8) is 0 Å². The van der Waals surface area contributed by atoms with E-state index < -0.39 is 29.6 Å². The van der Waals surface area contributed by atoms with Gasteiger partial charge in [-0.2, -0.15) is 0 Å². The molecule has 0 aromatic heterocycles. The molecule has 0 fully saturated rings. The summed E-state index contributed by atoms with van der Waals surface area (Å²) >= 11 is 0. The van der Waals surface area contributed by atoms with E-state index in [1.54, 1.807) is 24.3 Å². The monoisotopic (exact) mass is 407 g/mol. The Morgan fingerprint density at radius 2 is 1.57 bits per heavy atom. The second-order valence-electron chi connectivity index (χ2n) is 7.28. The fourth-order valence-corrected chi connectivity index (χ4v) is 4.12. The molecule has 1 amide bonds. The molecule has 1 N–H and O–H groups in total. The number of nitrogens with zero attached hydrogens (tertiary/aromatic N) is 1. The van der Waals surface area contributed by atoms with E-state index in [0.717, 1.165) is 23.8 Å². The van der Waals surface area contributed by atoms with Crippen LogP contribution in [0.5, 0.6) is 0 Å². The van der Waals surface area contributed by atoms with Crippen molar-refractivity contribution in [1.82, 2.24) is 4.90 Å². The molecular formula is C24H19F2NO3. The molecule has 152 valence electrons. The number of carboxylic acids is 1. The van der Waals surface area contributed by atoms with Crippen molar-refractivity contribution in [2.75, 3.05) is 6.54 Å². The van der Waals surface area contributed by atoms with Crippen LogP contribution in [0.4, 0.5) is 8.78 Å². The van der Waals surface area contributed by atoms with Crippen LogP contribution in [0.3, 0.4) is 0 Å². The molecule has 4 rings (SSSR count). The van der Waals surface area contributed by atoms with E-state index >= 15 is 0 Å². The minimum absolute atomic E-state index is 0.121. The van der Waals surface area contributed by atoms with Crippen molar-refractivity contribution in [2.45, 2.75) is 18.4 Å². The summed E-state index contributed by atoms with van der Waals surface area (Å²) in [4.78, 5) is 27.0. The van der Waals surface area contributed by atoms with Gasteiger partial charge in [0, 0.05) is 18.2 Å². The van der Waals surface area contributed by atoms with Gasteiger partial charge in [0.25, 0.3) is 5.91 Å². The van der Waals surface area contributed by atoms with Crippen LogP contribution in [0.25, 0.3) is 0 Å². The number of hydrogen-bond acceptors (Lipinski definition) is 2. The lowest BCUT2D eigenvalue weighted by atomic mass is 9.79. The summed E-state index contributed by atoms with van der Waals surface area (Å²) in [6.45, 7) is 0.212. The van der Waals surface area contributed by atoms with E-state index in [4.69, 9.17) is 0 Å². The molecule has 0 aliphatic carbocycles. The maximum Gasteiger partial charge on any atom is 0.313 e. The molecule has 1 aliphatic rings. The first-order valence-corrected chi connectivity index (χ1v) is 9.58. The highest BCUT2D eigenvalue weighted by molar-refractivity contribution is 6.00. The Labute approximate surface area is 172 Å². The molecule has 3 aromatic rings. The first-order valence-electron chi connectivity index (χ1n) is 9.58. The molecule has 0 bridgehead atoms. The molecule has 0 radical (unpaired) electrons. The third-order valence-corrected chi connectivity index (χ3v) is 5.42. The molecule has 2 atom stereocenters. The van der Waals surface area contributed by atoms with Gasteiger partial charge in [-0.1, -0.05) is 48.5 Å². The quantitative estimate of drug-likeness (QED) is 0.674. The summed E-state index contributed by atoms with van der Waals surface area (Å²) in [5.74, 6) is -4.29. The van der Waals surface area contributed by atoms with Crippen LogP contribution < -0.4 is 0 Å². The second-order valence-corrected chi connectivity index (χ2v) is 7.28. The Kier molecular flexibility index (Phi) is 5.31. The fourth-order valence-electron chi connectivity index (χ4n) is 4.12. The maximum absolute atomic E-state index is 14.0. The number of amides is 1. The highest BCUT2D eigenvalue weighted by Gasteiger charge is 2.44. The van der Waals surface area contributed by atoms with Crippen LogP contribution in [-0.4, -0.2) is 28.4 Å². The summed E-state index contributed by atoms with van der Waals surface area (Å²) < 4.78 is 28.0. The van der Waals surface area contributed by atoms with Gasteiger partial charge in [-0.05, 0) is 41.3 Å². The van der Waals surface area contributed by atoms with Crippen molar-refractivity contribution in [3.8, 4) is 0 Å². The van der Waals surface area contributed by atoms with Crippen LogP contribution in [0, 0.1) is 11.6 Å². The van der Waals surface area contributed by atoms with E-state index in [1.807, 2.05) is 30.3 Å². The molecule has 0 spiro atoms. The first kappa shape index (κ1) is 19.8. The topological polar surface area (TPSA) is 57.6 Å². The number of benzene rings is 3. The van der Waals surface area contributed by atoms with Crippen molar-refractivity contribution < 1.29 is 23.5 Å². The Morgan fingerprint density at radius 3 is 2.23 bits per heavy atom. The van der Waals surface area contributed by atoms with Gasteiger partial charge in [-0.15, -0.1) is 0 Å². The zero-order chi connectivity index (χ0) is 21.3. The van der Waals surface area contributed by atoms with Crippen molar-refractivity contribution in [2.24, 2.45) is 0 Å². The summed E-state index contributed by atoms with van der Waals surface area (Å²) in [6.07, 6.45) is 0.482. The van der Waals surface area contributed by atoms with Gasteiger partial charge in [0.1, 0.15) is 17.6 Å². The fraction of sp³-hybridized carbons (Fsp3) is 0.167. The molecule has 4 nitrogen and oxygen atoms in total. The standard InChI is InChI=1S/C24H19F2NO3/c25-17-12-16(13-18(26)14-17)22-21(24(29)30)19-8-4-5-9-20(19)23(28)27(22)11-10-15-6-2-1-3-7-15/h1-9,12-14,21-22H,10-11H2,(H,29,30). The predicted octanol–water partition coefficient (Wildman–Crippen LogP) is 4.57. The Morgan fingerprint density at radius 1 is 0.933 bits per heavy atom. The molecule has 6 heteroatoms. The van der Waals surface area contributed by atoms with Crippen LogP contribution in [-0.2, 0) is 11.2 Å². The Balaban J connectivity index is 1.83. The number of carbonyl (C=O) groups is 2. The summed E-state index contributed by atoms with van der Waals surface area (Å²) in [5, 5.41) is 10.0. The molecular weight excluding hydrogens is 388 g/mol. The zero-order valence-electron chi connectivity index (χ0n) is 16.0. The molecule has 0 saturated carbocycles. The van der Waals surface area contributed by atoms with Crippen molar-refractivity contribution in [3.05, 3.63) is 107 Å². The smallest absolute Gasteiger partial charge is 0.313 e. The molecule has 1 heterocycles. The number of fused-ring (bicyclic) bond motifs is 1. The van der Waals surface area contributed by atoms with Gasteiger partial charge in [0.15, 0.2) is 0 Å².